The molecule has 0 aliphatic carbocycles. The summed E-state index contributed by atoms with van der Waals surface area (Å²) in [5, 5.41) is -4.25. The molecule has 64 valence electrons. The maximum absolute atomic E-state index is 12.2. The zero-order chi connectivity index (χ0) is 9.12. The molecule has 3 nitrogen and oxygen atoms in total. The average Bonchev–Trinajstić information content (AvgIpc) is 1.87. The SMILES string of the molecule is C#CCC(F)(F)S(=O)(=O)NF. The maximum atomic E-state index is 12.2. The molecular formula is C4H4F3NO2S. The first-order valence-electron chi connectivity index (χ1n) is 2.30. The molecule has 0 radical (unpaired) electrons. The second kappa shape index (κ2) is 3.11. The van der Waals surface area contributed by atoms with Crippen LogP contribution in [0.2, 0.25) is 0 Å². The molecule has 0 atom stereocenters. The molecule has 0 amide bonds. The van der Waals surface area contributed by atoms with Gasteiger partial charge in [0.15, 0.2) is 0 Å². The van der Waals surface area contributed by atoms with E-state index in [1.165, 1.54) is 5.92 Å². The Bertz CT molecular complexity index is 266. The number of nitrogens with one attached hydrogen (secondary N) is 1. The van der Waals surface area contributed by atoms with E-state index in [1.54, 1.807) is 0 Å². The average molecular weight is 187 g/mol. The predicted molar refractivity (Wildman–Crippen MR) is 31.6 cm³/mol. The molecule has 0 aromatic heterocycles. The van der Waals surface area contributed by atoms with Gasteiger partial charge in [-0.05, 0) is 4.94 Å². The van der Waals surface area contributed by atoms with Crippen LogP contribution in [-0.4, -0.2) is 13.7 Å². The van der Waals surface area contributed by atoms with Gasteiger partial charge in [0.2, 0.25) is 0 Å². The lowest BCUT2D eigenvalue weighted by Gasteiger charge is -2.10. The number of halogens is 3. The Morgan fingerprint density at radius 1 is 1.55 bits per heavy atom. The molecule has 0 spiro atoms. The number of terminal acetylenes is 1. The van der Waals surface area contributed by atoms with Crippen molar-refractivity contribution in [3.05, 3.63) is 0 Å². The summed E-state index contributed by atoms with van der Waals surface area (Å²) in [7, 11) is -5.25. The molecule has 0 fully saturated rings. The molecule has 1 N–H and O–H groups in total. The van der Waals surface area contributed by atoms with Crippen molar-refractivity contribution in [2.45, 2.75) is 11.7 Å². The third-order valence-electron chi connectivity index (χ3n) is 0.803. The van der Waals surface area contributed by atoms with Gasteiger partial charge in [0.05, 0.1) is 6.42 Å². The molecule has 7 heteroatoms. The van der Waals surface area contributed by atoms with Gasteiger partial charge in [-0.25, -0.2) is 8.42 Å². The topological polar surface area (TPSA) is 46.2 Å². The fourth-order valence-electron chi connectivity index (χ4n) is 0.270. The number of sulfonamides is 1. The number of hydrogen-bond donors (Lipinski definition) is 1. The summed E-state index contributed by atoms with van der Waals surface area (Å²) < 4.78 is 55.7. The van der Waals surface area contributed by atoms with Crippen LogP contribution in [0.1, 0.15) is 6.42 Å². The molecule has 0 bridgehead atoms. The minimum atomic E-state index is -5.25. The second-order valence-electron chi connectivity index (χ2n) is 1.60. The van der Waals surface area contributed by atoms with E-state index in [2.05, 4.69) is 6.42 Å². The lowest BCUT2D eigenvalue weighted by Crippen LogP contribution is -2.35. The Morgan fingerprint density at radius 3 is 2.27 bits per heavy atom. The van der Waals surface area contributed by atoms with E-state index in [9.17, 15) is 21.7 Å². The summed E-state index contributed by atoms with van der Waals surface area (Å²) in [6.45, 7) is 0. The van der Waals surface area contributed by atoms with Crippen LogP contribution < -0.4 is 4.94 Å². The fraction of sp³-hybridized carbons (Fsp3) is 0.500. The quantitative estimate of drug-likeness (QED) is 0.513. The first-order valence-corrected chi connectivity index (χ1v) is 3.79. The highest BCUT2D eigenvalue weighted by Gasteiger charge is 2.44. The lowest BCUT2D eigenvalue weighted by molar-refractivity contribution is 0.0929. The van der Waals surface area contributed by atoms with Gasteiger partial charge in [0, 0.05) is 0 Å². The zero-order valence-electron chi connectivity index (χ0n) is 5.14. The van der Waals surface area contributed by atoms with E-state index in [1.807, 2.05) is 0 Å². The van der Waals surface area contributed by atoms with Crippen molar-refractivity contribution in [1.29, 1.82) is 0 Å². The molecule has 0 unspecified atom stereocenters. The highest BCUT2D eigenvalue weighted by Crippen LogP contribution is 2.23. The molecular weight excluding hydrogens is 183 g/mol. The van der Waals surface area contributed by atoms with Gasteiger partial charge in [0.25, 0.3) is 0 Å². The van der Waals surface area contributed by atoms with E-state index < -0.39 is 21.7 Å². The van der Waals surface area contributed by atoms with Gasteiger partial charge in [0.1, 0.15) is 0 Å². The van der Waals surface area contributed by atoms with Crippen LogP contribution in [0.3, 0.4) is 0 Å². The largest absolute Gasteiger partial charge is 0.372 e. The number of hydrogen-bond acceptors (Lipinski definition) is 2. The van der Waals surface area contributed by atoms with E-state index in [0.29, 0.717) is 0 Å². The maximum Gasteiger partial charge on any atom is 0.372 e. The van der Waals surface area contributed by atoms with Gasteiger partial charge in [-0.3, -0.25) is 0 Å². The smallest absolute Gasteiger partial charge is 0.204 e. The summed E-state index contributed by atoms with van der Waals surface area (Å²) >= 11 is 0. The molecule has 0 aliphatic rings. The van der Waals surface area contributed by atoms with Gasteiger partial charge in [-0.2, -0.15) is 8.78 Å². The van der Waals surface area contributed by atoms with Crippen LogP contribution >= 0.6 is 0 Å². The molecule has 0 saturated heterocycles. The fourth-order valence-corrected chi connectivity index (χ4v) is 0.656. The molecule has 0 aliphatic heterocycles. The van der Waals surface area contributed by atoms with Crippen LogP contribution in [0.15, 0.2) is 0 Å². The van der Waals surface area contributed by atoms with Gasteiger partial charge in [-0.15, -0.1) is 10.9 Å². The summed E-state index contributed by atoms with van der Waals surface area (Å²) in [6, 6.07) is 0. The van der Waals surface area contributed by atoms with Crippen molar-refractivity contribution in [3.8, 4) is 12.3 Å². The van der Waals surface area contributed by atoms with Crippen molar-refractivity contribution in [2.75, 3.05) is 0 Å². The molecule has 0 rings (SSSR count). The van der Waals surface area contributed by atoms with Crippen LogP contribution in [0.5, 0.6) is 0 Å². The van der Waals surface area contributed by atoms with Crippen LogP contribution in [0, 0.1) is 12.3 Å². The first kappa shape index (κ1) is 10.3. The summed E-state index contributed by atoms with van der Waals surface area (Å²) in [6.07, 6.45) is 3.07. The standard InChI is InChI=1S/C4H4F3NO2S/c1-2-3-4(5,6)11(9,10)8-7/h1,8H,3H2. The van der Waals surface area contributed by atoms with E-state index in [0.717, 1.165) is 0 Å². The third kappa shape index (κ3) is 2.10. The van der Waals surface area contributed by atoms with Gasteiger partial charge in [-0.1, -0.05) is 5.92 Å². The summed E-state index contributed by atoms with van der Waals surface area (Å²) in [5.41, 5.74) is 0. The first-order chi connectivity index (χ1) is 4.87. The normalized spacial score (nSPS) is 12.5. The third-order valence-corrected chi connectivity index (χ3v) is 1.94. The minimum Gasteiger partial charge on any atom is -0.204 e. The second-order valence-corrected chi connectivity index (χ2v) is 3.36. The summed E-state index contributed by atoms with van der Waals surface area (Å²) in [4.78, 5) is -0.00694. The van der Waals surface area contributed by atoms with Gasteiger partial charge < -0.3 is 0 Å². The van der Waals surface area contributed by atoms with Crippen molar-refractivity contribution < 1.29 is 21.7 Å². The Labute approximate surface area is 61.6 Å². The van der Waals surface area contributed by atoms with Crippen molar-refractivity contribution >= 4 is 10.0 Å². The van der Waals surface area contributed by atoms with Crippen molar-refractivity contribution in [3.63, 3.8) is 0 Å². The highest BCUT2D eigenvalue weighted by atomic mass is 32.2. The van der Waals surface area contributed by atoms with Crippen LogP contribution in [-0.2, 0) is 10.0 Å². The highest BCUT2D eigenvalue weighted by molar-refractivity contribution is 7.90. The lowest BCUT2D eigenvalue weighted by atomic mass is 10.5. The Kier molecular flexibility index (Phi) is 2.90. The van der Waals surface area contributed by atoms with Crippen molar-refractivity contribution in [1.82, 2.24) is 4.94 Å². The van der Waals surface area contributed by atoms with E-state index >= 15 is 0 Å². The molecule has 11 heavy (non-hydrogen) atoms. The zero-order valence-corrected chi connectivity index (χ0v) is 5.96. The minimum absolute atomic E-state index is 0.00694. The Hall–Kier alpha value is -0.740. The molecule has 0 heterocycles. The Balaban J connectivity index is 4.72. The van der Waals surface area contributed by atoms with Gasteiger partial charge >= 0.3 is 15.3 Å². The number of rotatable bonds is 3. The van der Waals surface area contributed by atoms with Crippen LogP contribution in [0.4, 0.5) is 13.3 Å². The summed E-state index contributed by atoms with van der Waals surface area (Å²) in [5.74, 6) is 1.41. The monoisotopic (exact) mass is 187 g/mol. The Morgan fingerprint density at radius 2 is 2.00 bits per heavy atom. The molecule has 0 aromatic rings. The predicted octanol–water partition coefficient (Wildman–Crippen LogP) is 0.406. The number of alkyl halides is 2. The van der Waals surface area contributed by atoms with E-state index in [4.69, 9.17) is 0 Å². The van der Waals surface area contributed by atoms with Crippen molar-refractivity contribution in [2.24, 2.45) is 0 Å². The molecule has 0 aromatic carbocycles. The van der Waals surface area contributed by atoms with Crippen LogP contribution in [0.25, 0.3) is 0 Å². The molecule has 0 saturated carbocycles. The van der Waals surface area contributed by atoms with E-state index in [-0.39, 0.29) is 4.94 Å².